The van der Waals surface area contributed by atoms with Crippen LogP contribution in [-0.4, -0.2) is 0 Å². The summed E-state index contributed by atoms with van der Waals surface area (Å²) < 4.78 is 40.9. The van der Waals surface area contributed by atoms with Gasteiger partial charge in [0.1, 0.15) is 5.83 Å². The van der Waals surface area contributed by atoms with Crippen molar-refractivity contribution in [1.29, 1.82) is 0 Å². The van der Waals surface area contributed by atoms with Crippen LogP contribution in [0.1, 0.15) is 24.5 Å². The van der Waals surface area contributed by atoms with Crippen LogP contribution in [0.2, 0.25) is 0 Å². The van der Waals surface area contributed by atoms with Gasteiger partial charge in [0.25, 0.3) is 0 Å². The van der Waals surface area contributed by atoms with Crippen molar-refractivity contribution in [3.63, 3.8) is 0 Å². The highest BCUT2D eigenvalue weighted by Crippen LogP contribution is 2.20. The van der Waals surface area contributed by atoms with Gasteiger partial charge in [0, 0.05) is 0 Å². The number of allylic oxidation sites excluding steroid dienone is 8. The quantitative estimate of drug-likeness (QED) is 0.452. The van der Waals surface area contributed by atoms with Gasteiger partial charge in [0.05, 0.1) is 0 Å². The molecular weight excluding hydrogens is 321 g/mol. The zero-order valence-electron chi connectivity index (χ0n) is 14.8. The molecule has 25 heavy (non-hydrogen) atoms. The Morgan fingerprint density at radius 2 is 1.64 bits per heavy atom. The van der Waals surface area contributed by atoms with Crippen molar-refractivity contribution in [3.05, 3.63) is 108 Å². The topological polar surface area (TPSA) is 0 Å². The molecule has 0 bridgehead atoms. The number of halogens is 3. The van der Waals surface area contributed by atoms with Crippen LogP contribution in [0.5, 0.6) is 0 Å². The van der Waals surface area contributed by atoms with Crippen molar-refractivity contribution in [2.75, 3.05) is 0 Å². The SMILES string of the molecule is C=C(/C=C\C(=C)C(=C)/C=C(/F)C(=C)C)CCc1ccc(C)c(F)c1F. The molecule has 0 aliphatic heterocycles. The highest BCUT2D eigenvalue weighted by Gasteiger charge is 2.10. The van der Waals surface area contributed by atoms with Gasteiger partial charge in [-0.1, -0.05) is 56.2 Å². The molecule has 0 unspecified atom stereocenters. The molecule has 0 saturated carbocycles. The van der Waals surface area contributed by atoms with Gasteiger partial charge >= 0.3 is 0 Å². The van der Waals surface area contributed by atoms with E-state index in [4.69, 9.17) is 0 Å². The van der Waals surface area contributed by atoms with Crippen LogP contribution < -0.4 is 0 Å². The minimum absolute atomic E-state index is 0.282. The Kier molecular flexibility index (Phi) is 7.43. The van der Waals surface area contributed by atoms with Crippen molar-refractivity contribution in [2.24, 2.45) is 0 Å². The van der Waals surface area contributed by atoms with Crippen molar-refractivity contribution in [2.45, 2.75) is 26.7 Å². The summed E-state index contributed by atoms with van der Waals surface area (Å²) in [6, 6.07) is 3.14. The molecule has 0 N–H and O–H groups in total. The molecule has 0 nitrogen and oxygen atoms in total. The lowest BCUT2D eigenvalue weighted by Crippen LogP contribution is -1.97. The van der Waals surface area contributed by atoms with Gasteiger partial charge in [-0.3, -0.25) is 0 Å². The molecule has 0 fully saturated rings. The predicted octanol–water partition coefficient (Wildman–Crippen LogP) is 6.86. The fourth-order valence-electron chi connectivity index (χ4n) is 1.95. The third-order valence-electron chi connectivity index (χ3n) is 3.71. The van der Waals surface area contributed by atoms with Crippen molar-refractivity contribution in [1.82, 2.24) is 0 Å². The van der Waals surface area contributed by atoms with E-state index in [2.05, 4.69) is 26.3 Å². The first-order valence-electron chi connectivity index (χ1n) is 7.84. The highest BCUT2D eigenvalue weighted by atomic mass is 19.2. The van der Waals surface area contributed by atoms with Crippen molar-refractivity contribution < 1.29 is 13.2 Å². The Hall–Kier alpha value is -2.55. The van der Waals surface area contributed by atoms with E-state index in [1.54, 1.807) is 31.2 Å². The van der Waals surface area contributed by atoms with Gasteiger partial charge in [0.15, 0.2) is 11.6 Å². The van der Waals surface area contributed by atoms with Crippen molar-refractivity contribution >= 4 is 0 Å². The Labute approximate surface area is 148 Å². The second-order valence-corrected chi connectivity index (χ2v) is 5.98. The molecule has 1 rings (SSSR count). The molecular formula is C22H23F3. The number of benzene rings is 1. The molecule has 0 heterocycles. The Balaban J connectivity index is 2.65. The minimum Gasteiger partial charge on any atom is -0.207 e. The fraction of sp³-hybridized carbons (Fsp3) is 0.182. The summed E-state index contributed by atoms with van der Waals surface area (Å²) in [6.45, 7) is 18.0. The smallest absolute Gasteiger partial charge is 0.162 e. The summed E-state index contributed by atoms with van der Waals surface area (Å²) in [4.78, 5) is 0. The van der Waals surface area contributed by atoms with Crippen LogP contribution in [0, 0.1) is 18.6 Å². The third kappa shape index (κ3) is 6.11. The van der Waals surface area contributed by atoms with E-state index in [0.29, 0.717) is 35.1 Å². The summed E-state index contributed by atoms with van der Waals surface area (Å²) in [5, 5.41) is 0. The Bertz CT molecular complexity index is 777. The second kappa shape index (κ2) is 9.07. The average molecular weight is 344 g/mol. The summed E-state index contributed by atoms with van der Waals surface area (Å²) in [6.07, 6.45) is 5.44. The largest absolute Gasteiger partial charge is 0.207 e. The summed E-state index contributed by atoms with van der Waals surface area (Å²) in [5.41, 5.74) is 2.59. The summed E-state index contributed by atoms with van der Waals surface area (Å²) >= 11 is 0. The van der Waals surface area contributed by atoms with Crippen LogP contribution in [0.25, 0.3) is 0 Å². The molecule has 1 aromatic carbocycles. The average Bonchev–Trinajstić information content (AvgIpc) is 2.56. The zero-order chi connectivity index (χ0) is 19.1. The molecule has 1 aromatic rings. The van der Waals surface area contributed by atoms with Gasteiger partial charge in [-0.15, -0.1) is 0 Å². The van der Waals surface area contributed by atoms with E-state index < -0.39 is 17.5 Å². The molecule has 0 amide bonds. The molecule has 0 atom stereocenters. The highest BCUT2D eigenvalue weighted by molar-refractivity contribution is 5.46. The van der Waals surface area contributed by atoms with Gasteiger partial charge in [-0.2, -0.15) is 0 Å². The van der Waals surface area contributed by atoms with Gasteiger partial charge in [-0.05, 0) is 60.6 Å². The number of hydrogen-bond donors (Lipinski definition) is 0. The van der Waals surface area contributed by atoms with Gasteiger partial charge < -0.3 is 0 Å². The first-order chi connectivity index (χ1) is 11.6. The lowest BCUT2D eigenvalue weighted by atomic mass is 10.0. The van der Waals surface area contributed by atoms with Crippen LogP contribution in [0.4, 0.5) is 13.2 Å². The maximum absolute atomic E-state index is 13.8. The summed E-state index contributed by atoms with van der Waals surface area (Å²) in [7, 11) is 0. The van der Waals surface area contributed by atoms with Crippen molar-refractivity contribution in [3.8, 4) is 0 Å². The second-order valence-electron chi connectivity index (χ2n) is 5.98. The maximum Gasteiger partial charge on any atom is 0.162 e. The standard InChI is InChI=1S/C22H23F3/c1-14(2)20(23)13-18(6)16(4)9-7-15(3)8-11-19-12-10-17(5)21(24)22(19)25/h7,9-10,12-13H,1,3-4,6,8,11H2,2,5H3/b9-7-,20-13+. The number of hydrogen-bond acceptors (Lipinski definition) is 0. The van der Waals surface area contributed by atoms with E-state index in [1.807, 2.05) is 0 Å². The Morgan fingerprint density at radius 1 is 1.00 bits per heavy atom. The van der Waals surface area contributed by atoms with E-state index in [0.717, 1.165) is 5.57 Å². The number of aryl methyl sites for hydroxylation is 2. The first kappa shape index (κ1) is 20.5. The van der Waals surface area contributed by atoms with Gasteiger partial charge in [0.2, 0.25) is 0 Å². The predicted molar refractivity (Wildman–Crippen MR) is 100.0 cm³/mol. The lowest BCUT2D eigenvalue weighted by molar-refractivity contribution is 0.493. The van der Waals surface area contributed by atoms with Crippen LogP contribution in [0.15, 0.2) is 84.8 Å². The molecule has 0 aromatic heterocycles. The third-order valence-corrected chi connectivity index (χ3v) is 3.71. The monoisotopic (exact) mass is 344 g/mol. The lowest BCUT2D eigenvalue weighted by Gasteiger charge is -2.06. The van der Waals surface area contributed by atoms with Crippen LogP contribution in [0.3, 0.4) is 0 Å². The van der Waals surface area contributed by atoms with Gasteiger partial charge in [-0.25, -0.2) is 13.2 Å². The molecule has 0 radical (unpaired) electrons. The molecule has 0 saturated heterocycles. The molecule has 0 spiro atoms. The number of rotatable bonds is 8. The van der Waals surface area contributed by atoms with E-state index >= 15 is 0 Å². The normalized spacial score (nSPS) is 11.6. The van der Waals surface area contributed by atoms with Crippen LogP contribution in [-0.2, 0) is 6.42 Å². The fourth-order valence-corrected chi connectivity index (χ4v) is 1.95. The van der Waals surface area contributed by atoms with E-state index in [9.17, 15) is 13.2 Å². The molecule has 0 aliphatic rings. The van der Waals surface area contributed by atoms with E-state index in [1.165, 1.54) is 13.0 Å². The molecule has 0 aliphatic carbocycles. The minimum atomic E-state index is -0.811. The Morgan fingerprint density at radius 3 is 2.24 bits per heavy atom. The summed E-state index contributed by atoms with van der Waals surface area (Å²) in [5.74, 6) is -2.07. The first-order valence-corrected chi connectivity index (χ1v) is 7.84. The van der Waals surface area contributed by atoms with Crippen LogP contribution >= 0.6 is 0 Å². The molecule has 3 heteroatoms. The van der Waals surface area contributed by atoms with E-state index in [-0.39, 0.29) is 5.56 Å². The zero-order valence-corrected chi connectivity index (χ0v) is 14.8. The molecule has 132 valence electrons. The maximum atomic E-state index is 13.8.